The van der Waals surface area contributed by atoms with Crippen LogP contribution in [0.2, 0.25) is 0 Å². The van der Waals surface area contributed by atoms with E-state index in [0.29, 0.717) is 0 Å². The molecule has 1 saturated carbocycles. The van der Waals surface area contributed by atoms with Crippen LogP contribution in [-0.4, -0.2) is 45.4 Å². The molecule has 1 aromatic carbocycles. The minimum atomic E-state index is -1.27. The Kier molecular flexibility index (Phi) is 3.26. The summed E-state index contributed by atoms with van der Waals surface area (Å²) in [5, 5.41) is 19.4. The van der Waals surface area contributed by atoms with E-state index in [-0.39, 0.29) is 12.5 Å². The van der Waals surface area contributed by atoms with E-state index in [9.17, 15) is 19.4 Å². The smallest absolute Gasteiger partial charge is 0.321 e. The lowest BCUT2D eigenvalue weighted by molar-refractivity contribution is -0.148. The summed E-state index contributed by atoms with van der Waals surface area (Å²) in [7, 11) is 0. The summed E-state index contributed by atoms with van der Waals surface area (Å²) in [6.07, 6.45) is -1.81. The van der Waals surface area contributed by atoms with Gasteiger partial charge in [0.25, 0.3) is 0 Å². The first-order valence-corrected chi connectivity index (χ1v) is 6.89. The molecule has 6 atom stereocenters. The zero-order valence-corrected chi connectivity index (χ0v) is 11.2. The quantitative estimate of drug-likeness (QED) is 0.882. The normalized spacial score (nSPS) is 38.0. The molecule has 0 spiro atoms. The van der Waals surface area contributed by atoms with Gasteiger partial charge in [0, 0.05) is 12.0 Å². The first kappa shape index (κ1) is 13.5. The van der Waals surface area contributed by atoms with Gasteiger partial charge in [0.05, 0.1) is 12.1 Å². The number of rotatable bonds is 3. The Bertz CT molecular complexity index is 509. The standard InChI is InChI=1S/C15H18FNO3/c1-8(9-5-3-2-4-6-9)17-13(15(19)20)10-7-11(18)14(17)12(10)16/h2-6,8,10-14,18H,7H2,1H3,(H,19,20)/t8-,10-,11-,12-,13+,14+/m1/s1. The number of benzene rings is 1. The first-order chi connectivity index (χ1) is 9.52. The zero-order chi connectivity index (χ0) is 14.4. The summed E-state index contributed by atoms with van der Waals surface area (Å²) in [5.41, 5.74) is 0.936. The molecule has 2 bridgehead atoms. The number of aliphatic hydroxyl groups excluding tert-OH is 1. The Balaban J connectivity index is 1.96. The van der Waals surface area contributed by atoms with Crippen molar-refractivity contribution in [1.29, 1.82) is 0 Å². The van der Waals surface area contributed by atoms with E-state index in [1.807, 2.05) is 37.3 Å². The number of piperidine rings is 1. The van der Waals surface area contributed by atoms with Gasteiger partial charge in [0.1, 0.15) is 12.2 Å². The van der Waals surface area contributed by atoms with Crippen molar-refractivity contribution >= 4 is 5.97 Å². The van der Waals surface area contributed by atoms with Crippen LogP contribution in [0.15, 0.2) is 30.3 Å². The summed E-state index contributed by atoms with van der Waals surface area (Å²) >= 11 is 0. The van der Waals surface area contributed by atoms with Gasteiger partial charge in [-0.3, -0.25) is 9.69 Å². The van der Waals surface area contributed by atoms with Crippen LogP contribution in [0.25, 0.3) is 0 Å². The minimum absolute atomic E-state index is 0.236. The highest BCUT2D eigenvalue weighted by molar-refractivity contribution is 5.75. The number of likely N-dealkylation sites (tertiary alicyclic amines) is 1. The van der Waals surface area contributed by atoms with Crippen molar-refractivity contribution in [2.75, 3.05) is 0 Å². The largest absolute Gasteiger partial charge is 0.480 e. The van der Waals surface area contributed by atoms with Crippen molar-refractivity contribution in [3.05, 3.63) is 35.9 Å². The summed E-state index contributed by atoms with van der Waals surface area (Å²) in [6, 6.07) is 7.63. The molecule has 20 heavy (non-hydrogen) atoms. The Morgan fingerprint density at radius 2 is 2.05 bits per heavy atom. The molecule has 0 aromatic heterocycles. The van der Waals surface area contributed by atoms with Gasteiger partial charge in [-0.15, -0.1) is 0 Å². The maximum atomic E-state index is 14.3. The second kappa shape index (κ2) is 4.82. The van der Waals surface area contributed by atoms with E-state index in [1.54, 1.807) is 4.90 Å². The van der Waals surface area contributed by atoms with Crippen LogP contribution in [0.5, 0.6) is 0 Å². The fourth-order valence-corrected chi connectivity index (χ4v) is 3.80. The molecule has 1 heterocycles. The van der Waals surface area contributed by atoms with E-state index >= 15 is 0 Å². The molecular formula is C15H18FNO3. The van der Waals surface area contributed by atoms with E-state index in [2.05, 4.69) is 0 Å². The number of fused-ring (bicyclic) bond motifs is 2. The molecule has 108 valence electrons. The molecule has 0 radical (unpaired) electrons. The van der Waals surface area contributed by atoms with Crippen molar-refractivity contribution in [1.82, 2.24) is 4.90 Å². The molecule has 1 saturated heterocycles. The lowest BCUT2D eigenvalue weighted by Crippen LogP contribution is -2.51. The van der Waals surface area contributed by atoms with Crippen LogP contribution in [-0.2, 0) is 4.79 Å². The molecule has 1 aromatic rings. The monoisotopic (exact) mass is 279 g/mol. The Morgan fingerprint density at radius 1 is 1.40 bits per heavy atom. The van der Waals surface area contributed by atoms with Crippen LogP contribution < -0.4 is 0 Å². The molecule has 5 heteroatoms. The SMILES string of the molecule is C[C@H](c1ccccc1)N1[C@@H]2[C@H](F)[C@@H](C[C@H]2O)[C@H]1C(=O)O. The lowest BCUT2D eigenvalue weighted by atomic mass is 9.94. The molecule has 1 aliphatic carbocycles. The number of hydrogen-bond donors (Lipinski definition) is 2. The first-order valence-electron chi connectivity index (χ1n) is 6.89. The van der Waals surface area contributed by atoms with E-state index in [4.69, 9.17) is 0 Å². The average molecular weight is 279 g/mol. The minimum Gasteiger partial charge on any atom is -0.480 e. The van der Waals surface area contributed by atoms with Gasteiger partial charge in [-0.2, -0.15) is 0 Å². The van der Waals surface area contributed by atoms with Gasteiger partial charge < -0.3 is 10.2 Å². The molecule has 0 amide bonds. The number of aliphatic carboxylic acids is 1. The molecule has 2 N–H and O–H groups in total. The Labute approximate surface area is 116 Å². The molecular weight excluding hydrogens is 261 g/mol. The summed E-state index contributed by atoms with van der Waals surface area (Å²) in [5.74, 6) is -1.62. The third kappa shape index (κ3) is 1.84. The van der Waals surface area contributed by atoms with Crippen molar-refractivity contribution in [2.45, 2.75) is 43.7 Å². The number of carbonyl (C=O) groups is 1. The van der Waals surface area contributed by atoms with Crippen molar-refractivity contribution in [3.63, 3.8) is 0 Å². The third-order valence-electron chi connectivity index (χ3n) is 4.70. The van der Waals surface area contributed by atoms with Gasteiger partial charge in [-0.05, 0) is 18.9 Å². The topological polar surface area (TPSA) is 60.8 Å². The van der Waals surface area contributed by atoms with Gasteiger partial charge in [0.15, 0.2) is 0 Å². The molecule has 2 aliphatic rings. The number of hydrogen-bond acceptors (Lipinski definition) is 3. The number of halogens is 1. The highest BCUT2D eigenvalue weighted by Gasteiger charge is 2.61. The van der Waals surface area contributed by atoms with E-state index in [1.165, 1.54) is 0 Å². The predicted molar refractivity (Wildman–Crippen MR) is 70.9 cm³/mol. The number of aliphatic hydroxyl groups is 1. The van der Waals surface area contributed by atoms with Crippen molar-refractivity contribution in [3.8, 4) is 0 Å². The van der Waals surface area contributed by atoms with Gasteiger partial charge in [-0.1, -0.05) is 30.3 Å². The van der Waals surface area contributed by atoms with Gasteiger partial charge >= 0.3 is 5.97 Å². The van der Waals surface area contributed by atoms with Crippen LogP contribution in [0.4, 0.5) is 4.39 Å². The van der Waals surface area contributed by atoms with Crippen LogP contribution in [0.1, 0.15) is 24.9 Å². The van der Waals surface area contributed by atoms with Crippen LogP contribution in [0.3, 0.4) is 0 Å². The average Bonchev–Trinajstić information content (AvgIpc) is 2.87. The highest BCUT2D eigenvalue weighted by Crippen LogP contribution is 2.48. The fourth-order valence-electron chi connectivity index (χ4n) is 3.80. The maximum absolute atomic E-state index is 14.3. The third-order valence-corrected chi connectivity index (χ3v) is 4.70. The molecule has 0 unspecified atom stereocenters. The maximum Gasteiger partial charge on any atom is 0.321 e. The summed E-state index contributed by atoms with van der Waals surface area (Å²) in [4.78, 5) is 13.1. The van der Waals surface area contributed by atoms with Crippen LogP contribution >= 0.6 is 0 Å². The summed E-state index contributed by atoms with van der Waals surface area (Å²) in [6.45, 7) is 1.87. The molecule has 2 fully saturated rings. The Morgan fingerprint density at radius 3 is 2.65 bits per heavy atom. The predicted octanol–water partition coefficient (Wildman–Crippen LogP) is 1.60. The zero-order valence-electron chi connectivity index (χ0n) is 11.2. The summed E-state index contributed by atoms with van der Waals surface area (Å²) < 4.78 is 14.3. The van der Waals surface area contributed by atoms with Crippen molar-refractivity contribution in [2.24, 2.45) is 5.92 Å². The Hall–Kier alpha value is -1.46. The highest BCUT2D eigenvalue weighted by atomic mass is 19.1. The van der Waals surface area contributed by atoms with Gasteiger partial charge in [-0.25, -0.2) is 4.39 Å². The molecule has 1 aliphatic heterocycles. The van der Waals surface area contributed by atoms with E-state index < -0.39 is 36.2 Å². The fraction of sp³-hybridized carbons (Fsp3) is 0.533. The van der Waals surface area contributed by atoms with E-state index in [0.717, 1.165) is 5.56 Å². The number of nitrogens with zero attached hydrogens (tertiary/aromatic N) is 1. The van der Waals surface area contributed by atoms with Gasteiger partial charge in [0.2, 0.25) is 0 Å². The number of carboxylic acid groups (broad SMARTS) is 1. The number of carboxylic acids is 1. The molecule has 3 rings (SSSR count). The second-order valence-corrected chi connectivity index (χ2v) is 5.72. The van der Waals surface area contributed by atoms with Crippen molar-refractivity contribution < 1.29 is 19.4 Å². The lowest BCUT2D eigenvalue weighted by Gasteiger charge is -2.39. The number of alkyl halides is 1. The second-order valence-electron chi connectivity index (χ2n) is 5.72. The van der Waals surface area contributed by atoms with Crippen LogP contribution in [0, 0.1) is 5.92 Å². The molecule has 4 nitrogen and oxygen atoms in total.